The molecule has 1 saturated carbocycles. The van der Waals surface area contributed by atoms with E-state index in [1.807, 2.05) is 0 Å². The molecule has 2 unspecified atom stereocenters. The largest absolute Gasteiger partial charge is 0.409 e. The summed E-state index contributed by atoms with van der Waals surface area (Å²) in [6, 6.07) is 0. The lowest BCUT2D eigenvalue weighted by molar-refractivity contribution is -0.0613. The predicted octanol–water partition coefficient (Wildman–Crippen LogP) is 0.702. The molecule has 1 aliphatic carbocycles. The van der Waals surface area contributed by atoms with Gasteiger partial charge in [-0.15, -0.1) is 0 Å². The number of rotatable bonds is 2. The van der Waals surface area contributed by atoms with E-state index in [1.165, 1.54) is 6.20 Å². The Morgan fingerprint density at radius 3 is 2.95 bits per heavy atom. The molecule has 0 radical (unpaired) electrons. The Morgan fingerprint density at radius 1 is 1.33 bits per heavy atom. The van der Waals surface area contributed by atoms with Crippen molar-refractivity contribution in [2.24, 2.45) is 16.8 Å². The van der Waals surface area contributed by atoms with Crippen LogP contribution < -0.4 is 10.6 Å². The van der Waals surface area contributed by atoms with Crippen molar-refractivity contribution in [3.63, 3.8) is 0 Å². The highest BCUT2D eigenvalue weighted by Gasteiger charge is 2.43. The van der Waals surface area contributed by atoms with Crippen molar-refractivity contribution in [1.29, 1.82) is 0 Å². The van der Waals surface area contributed by atoms with E-state index in [-0.39, 0.29) is 11.8 Å². The Hall–Kier alpha value is -1.89. The molecule has 0 spiro atoms. The second-order valence-corrected chi connectivity index (χ2v) is 5.96. The maximum Gasteiger partial charge on any atom is 0.192 e. The summed E-state index contributed by atoms with van der Waals surface area (Å²) in [5.41, 5.74) is 5.54. The summed E-state index contributed by atoms with van der Waals surface area (Å²) in [6.07, 6.45) is 8.04. The quantitative estimate of drug-likeness (QED) is 0.320. The Bertz CT molecular complexity index is 550. The number of nitrogens with two attached hydrogens (primary N) is 1. The Labute approximate surface area is 123 Å². The third-order valence-electron chi connectivity index (χ3n) is 4.76. The van der Waals surface area contributed by atoms with Gasteiger partial charge < -0.3 is 20.9 Å². The second-order valence-electron chi connectivity index (χ2n) is 5.96. The molecule has 0 bridgehead atoms. The van der Waals surface area contributed by atoms with Crippen LogP contribution in [0.4, 0.5) is 5.82 Å². The molecule has 2 aliphatic rings. The second kappa shape index (κ2) is 5.48. The zero-order valence-electron chi connectivity index (χ0n) is 11.9. The van der Waals surface area contributed by atoms with Crippen molar-refractivity contribution in [3.05, 3.63) is 18.1 Å². The minimum absolute atomic E-state index is 0.0393. The number of piperidine rings is 1. The number of hydrogen-bond donors (Lipinski definition) is 3. The Kier molecular flexibility index (Phi) is 3.67. The Morgan fingerprint density at radius 2 is 2.14 bits per heavy atom. The molecule has 0 aromatic carbocycles. The number of anilines is 1. The fourth-order valence-corrected chi connectivity index (χ4v) is 3.55. The van der Waals surface area contributed by atoms with Crippen LogP contribution >= 0.6 is 0 Å². The molecule has 2 atom stereocenters. The zero-order chi connectivity index (χ0) is 14.9. The molecule has 4 N–H and O–H groups in total. The molecule has 7 heteroatoms. The van der Waals surface area contributed by atoms with E-state index in [1.54, 1.807) is 6.20 Å². The van der Waals surface area contributed by atoms with E-state index in [2.05, 4.69) is 20.0 Å². The third kappa shape index (κ3) is 2.53. The van der Waals surface area contributed by atoms with Gasteiger partial charge >= 0.3 is 0 Å². The van der Waals surface area contributed by atoms with Crippen molar-refractivity contribution in [2.45, 2.75) is 37.7 Å². The van der Waals surface area contributed by atoms with Gasteiger partial charge in [-0.05, 0) is 19.3 Å². The van der Waals surface area contributed by atoms with E-state index < -0.39 is 5.60 Å². The number of aromatic nitrogens is 2. The van der Waals surface area contributed by atoms with Gasteiger partial charge in [-0.2, -0.15) is 0 Å². The molecule has 114 valence electrons. The number of nitrogens with zero attached hydrogens (tertiary/aromatic N) is 4. The highest BCUT2D eigenvalue weighted by molar-refractivity contribution is 5.99. The zero-order valence-corrected chi connectivity index (χ0v) is 11.9. The van der Waals surface area contributed by atoms with Crippen LogP contribution in [0.1, 0.15) is 37.8 Å². The average Bonchev–Trinajstić information content (AvgIpc) is 2.53. The molecule has 1 aliphatic heterocycles. The van der Waals surface area contributed by atoms with Crippen LogP contribution in [0.5, 0.6) is 0 Å². The van der Waals surface area contributed by atoms with Gasteiger partial charge in [0.05, 0.1) is 5.60 Å². The van der Waals surface area contributed by atoms with Crippen LogP contribution in [0.25, 0.3) is 0 Å². The number of oxime groups is 1. The normalized spacial score (nSPS) is 30.0. The molecular formula is C14H21N5O2. The van der Waals surface area contributed by atoms with Crippen LogP contribution in [0, 0.1) is 5.92 Å². The lowest BCUT2D eigenvalue weighted by Gasteiger charge is -2.47. The highest BCUT2D eigenvalue weighted by Crippen LogP contribution is 2.40. The summed E-state index contributed by atoms with van der Waals surface area (Å²) in [7, 11) is 0. The maximum atomic E-state index is 10.7. The number of fused-ring (bicyclic) bond motifs is 1. The number of amidine groups is 1. The Balaban J connectivity index is 1.86. The number of aliphatic hydroxyl groups is 1. The van der Waals surface area contributed by atoms with E-state index in [9.17, 15) is 5.11 Å². The van der Waals surface area contributed by atoms with E-state index >= 15 is 0 Å². The SMILES string of the molecule is NC(=NO)c1nccnc1N1CCC2(O)CCCCC2C1. The highest BCUT2D eigenvalue weighted by atomic mass is 16.4. The summed E-state index contributed by atoms with van der Waals surface area (Å²) >= 11 is 0. The van der Waals surface area contributed by atoms with Crippen molar-refractivity contribution in [1.82, 2.24) is 9.97 Å². The lowest BCUT2D eigenvalue weighted by atomic mass is 9.71. The summed E-state index contributed by atoms with van der Waals surface area (Å²) < 4.78 is 0. The van der Waals surface area contributed by atoms with Crippen molar-refractivity contribution in [3.8, 4) is 0 Å². The van der Waals surface area contributed by atoms with Gasteiger partial charge in [0, 0.05) is 31.4 Å². The molecule has 1 aromatic rings. The molecule has 1 saturated heterocycles. The van der Waals surface area contributed by atoms with Crippen LogP contribution in [0.2, 0.25) is 0 Å². The van der Waals surface area contributed by atoms with Gasteiger partial charge in [0.25, 0.3) is 0 Å². The lowest BCUT2D eigenvalue weighted by Crippen LogP contribution is -2.53. The molecule has 21 heavy (non-hydrogen) atoms. The predicted molar refractivity (Wildman–Crippen MR) is 78.3 cm³/mol. The topological polar surface area (TPSA) is 108 Å². The van der Waals surface area contributed by atoms with Gasteiger partial charge in [0.15, 0.2) is 17.3 Å². The number of hydrogen-bond acceptors (Lipinski definition) is 6. The fraction of sp³-hybridized carbons (Fsp3) is 0.643. The molecule has 2 fully saturated rings. The van der Waals surface area contributed by atoms with Gasteiger partial charge in [-0.1, -0.05) is 18.0 Å². The van der Waals surface area contributed by atoms with Gasteiger partial charge in [0.1, 0.15) is 0 Å². The van der Waals surface area contributed by atoms with Crippen LogP contribution in [0.15, 0.2) is 17.5 Å². The van der Waals surface area contributed by atoms with Gasteiger partial charge in [-0.25, -0.2) is 9.97 Å². The minimum Gasteiger partial charge on any atom is -0.409 e. The minimum atomic E-state index is -0.534. The summed E-state index contributed by atoms with van der Waals surface area (Å²) in [5, 5.41) is 22.6. The smallest absolute Gasteiger partial charge is 0.192 e. The summed E-state index contributed by atoms with van der Waals surface area (Å²) in [5.74, 6) is 0.838. The first kappa shape index (κ1) is 14.1. The molecule has 2 heterocycles. The molecule has 7 nitrogen and oxygen atoms in total. The average molecular weight is 291 g/mol. The van der Waals surface area contributed by atoms with E-state index in [0.29, 0.717) is 18.1 Å². The monoisotopic (exact) mass is 291 g/mol. The fourth-order valence-electron chi connectivity index (χ4n) is 3.55. The van der Waals surface area contributed by atoms with Gasteiger partial charge in [-0.3, -0.25) is 0 Å². The van der Waals surface area contributed by atoms with Crippen molar-refractivity contribution in [2.75, 3.05) is 18.0 Å². The first-order chi connectivity index (χ1) is 10.1. The van der Waals surface area contributed by atoms with Crippen molar-refractivity contribution >= 4 is 11.7 Å². The standard InChI is InChI=1S/C14H21N5O2/c15-12(18-21)11-13(17-7-6-16-11)19-8-5-14(20)4-2-1-3-10(14)9-19/h6-7,10,20-21H,1-5,8-9H2,(H2,15,18). The summed E-state index contributed by atoms with van der Waals surface area (Å²) in [4.78, 5) is 10.6. The molecule has 1 aromatic heterocycles. The molecular weight excluding hydrogens is 270 g/mol. The summed E-state index contributed by atoms with van der Waals surface area (Å²) in [6.45, 7) is 1.44. The van der Waals surface area contributed by atoms with Gasteiger partial charge in [0.2, 0.25) is 0 Å². The molecule has 0 amide bonds. The van der Waals surface area contributed by atoms with E-state index in [0.717, 1.165) is 38.6 Å². The van der Waals surface area contributed by atoms with Crippen molar-refractivity contribution < 1.29 is 10.3 Å². The van der Waals surface area contributed by atoms with Crippen LogP contribution in [-0.2, 0) is 0 Å². The third-order valence-corrected chi connectivity index (χ3v) is 4.76. The molecule has 3 rings (SSSR count). The maximum absolute atomic E-state index is 10.7. The first-order valence-corrected chi connectivity index (χ1v) is 7.40. The first-order valence-electron chi connectivity index (χ1n) is 7.40. The van der Waals surface area contributed by atoms with Crippen LogP contribution in [0.3, 0.4) is 0 Å². The van der Waals surface area contributed by atoms with E-state index in [4.69, 9.17) is 10.9 Å². The van der Waals surface area contributed by atoms with Crippen LogP contribution in [-0.4, -0.2) is 44.8 Å².